The number of fused-ring (bicyclic) bond motifs is 1. The maximum absolute atomic E-state index is 14.6. The van der Waals surface area contributed by atoms with Crippen LogP contribution in [0.5, 0.6) is 5.88 Å². The fourth-order valence-electron chi connectivity index (χ4n) is 4.00. The molecule has 2 atom stereocenters. The van der Waals surface area contributed by atoms with E-state index in [1.165, 1.54) is 31.0 Å². The van der Waals surface area contributed by atoms with Gasteiger partial charge in [-0.3, -0.25) is 9.20 Å². The number of rotatable bonds is 7. The normalized spacial score (nSPS) is 17.8. The number of thioether (sulfide) groups is 1. The minimum atomic E-state index is -4.59. The van der Waals surface area contributed by atoms with E-state index in [0.717, 1.165) is 0 Å². The van der Waals surface area contributed by atoms with Gasteiger partial charge in [0.2, 0.25) is 0 Å². The molecule has 1 fully saturated rings. The fourth-order valence-corrected chi connectivity index (χ4v) is 4.66. The van der Waals surface area contributed by atoms with E-state index >= 15 is 0 Å². The van der Waals surface area contributed by atoms with Crippen LogP contribution in [0.25, 0.3) is 5.65 Å². The molecular weight excluding hydrogens is 540 g/mol. The molecule has 39 heavy (non-hydrogen) atoms. The highest BCUT2D eigenvalue weighted by Gasteiger charge is 2.33. The maximum atomic E-state index is 14.6. The van der Waals surface area contributed by atoms with Gasteiger partial charge in [0.15, 0.2) is 11.5 Å². The monoisotopic (exact) mass is 566 g/mol. The van der Waals surface area contributed by atoms with Crippen LogP contribution in [0.15, 0.2) is 29.6 Å². The van der Waals surface area contributed by atoms with Crippen LogP contribution in [0, 0.1) is 11.8 Å². The van der Waals surface area contributed by atoms with E-state index in [1.54, 1.807) is 12.1 Å². The van der Waals surface area contributed by atoms with E-state index in [1.807, 2.05) is 11.9 Å². The molecule has 1 amide bonds. The Morgan fingerprint density at radius 3 is 2.82 bits per heavy atom. The molecule has 15 heteroatoms. The van der Waals surface area contributed by atoms with Crippen molar-refractivity contribution >= 4 is 34.8 Å². The van der Waals surface area contributed by atoms with Gasteiger partial charge in [0.25, 0.3) is 11.8 Å². The van der Waals surface area contributed by atoms with Gasteiger partial charge in [0.05, 0.1) is 31.6 Å². The quantitative estimate of drug-likeness (QED) is 0.226. The second kappa shape index (κ2) is 12.0. The molecule has 10 nitrogen and oxygen atoms in total. The van der Waals surface area contributed by atoms with Crippen LogP contribution >= 0.6 is 11.8 Å². The molecule has 0 bridgehead atoms. The second-order valence-corrected chi connectivity index (χ2v) is 9.65. The van der Waals surface area contributed by atoms with E-state index in [4.69, 9.17) is 4.74 Å². The Bertz CT molecular complexity index is 1400. The third kappa shape index (κ3) is 6.82. The van der Waals surface area contributed by atoms with E-state index in [2.05, 4.69) is 42.7 Å². The van der Waals surface area contributed by atoms with Crippen LogP contribution in [0.2, 0.25) is 0 Å². The topological polar surface area (TPSA) is 109 Å². The molecule has 1 saturated heterocycles. The number of carbonyl (C=O) groups excluding carboxylic acids is 1. The molecule has 0 spiro atoms. The minimum absolute atomic E-state index is 0.0399. The highest BCUT2D eigenvalue weighted by molar-refractivity contribution is 8.00. The third-order valence-electron chi connectivity index (χ3n) is 5.85. The number of methoxy groups -OCH3 is 1. The maximum Gasteiger partial charge on any atom is 0.447 e. The highest BCUT2D eigenvalue weighted by atomic mass is 32.2. The predicted octanol–water partition coefficient (Wildman–Crippen LogP) is 3.02. The molecule has 0 aliphatic carbocycles. The van der Waals surface area contributed by atoms with Crippen LogP contribution in [0.3, 0.4) is 0 Å². The fraction of sp³-hybridized carbons (Fsp3) is 0.417. The van der Waals surface area contributed by atoms with Crippen LogP contribution in [0.1, 0.15) is 22.6 Å². The molecule has 1 aliphatic heterocycles. The Morgan fingerprint density at radius 2 is 2.13 bits per heavy atom. The first-order valence-electron chi connectivity index (χ1n) is 11.8. The Labute approximate surface area is 225 Å². The average Bonchev–Trinajstić information content (AvgIpc) is 3.24. The summed E-state index contributed by atoms with van der Waals surface area (Å²) in [7, 11) is 4.66. The molecule has 3 aromatic rings. The SMILES string of the molecule is CNC(=O)c1cnc(OC)c(NCC#Cc2nc3c(N[C@@H]4CCN(C)C[C@@H]4F)cccn3c2SC(F)(F)F)n1. The van der Waals surface area contributed by atoms with E-state index in [9.17, 15) is 22.4 Å². The molecule has 0 unspecified atom stereocenters. The lowest BCUT2D eigenvalue weighted by molar-refractivity contribution is -0.0330. The largest absolute Gasteiger partial charge is 0.478 e. The van der Waals surface area contributed by atoms with Crippen LogP contribution in [-0.4, -0.2) is 88.7 Å². The lowest BCUT2D eigenvalue weighted by Crippen LogP contribution is -2.46. The number of ether oxygens (including phenoxy) is 1. The van der Waals surface area contributed by atoms with Crippen molar-refractivity contribution in [3.8, 4) is 17.7 Å². The van der Waals surface area contributed by atoms with Gasteiger partial charge in [-0.1, -0.05) is 5.92 Å². The number of hydrogen-bond donors (Lipinski definition) is 3. The zero-order chi connectivity index (χ0) is 28.2. The number of aromatic nitrogens is 4. The molecule has 0 saturated carbocycles. The van der Waals surface area contributed by atoms with Gasteiger partial charge in [-0.25, -0.2) is 19.3 Å². The molecule has 3 aromatic heterocycles. The third-order valence-corrected chi connectivity index (χ3v) is 6.66. The summed E-state index contributed by atoms with van der Waals surface area (Å²) in [6.07, 6.45) is 2.09. The van der Waals surface area contributed by atoms with Crippen LogP contribution in [-0.2, 0) is 0 Å². The second-order valence-electron chi connectivity index (χ2n) is 8.59. The van der Waals surface area contributed by atoms with Crippen molar-refractivity contribution in [3.63, 3.8) is 0 Å². The first-order chi connectivity index (χ1) is 18.6. The summed E-state index contributed by atoms with van der Waals surface area (Å²) < 4.78 is 61.4. The summed E-state index contributed by atoms with van der Waals surface area (Å²) in [5.74, 6) is 5.21. The zero-order valence-corrected chi connectivity index (χ0v) is 22.1. The van der Waals surface area contributed by atoms with Crippen molar-refractivity contribution in [2.75, 3.05) is 51.5 Å². The number of alkyl halides is 4. The van der Waals surface area contributed by atoms with Crippen LogP contribution < -0.4 is 20.7 Å². The Hall–Kier alpha value is -3.77. The Morgan fingerprint density at radius 1 is 1.33 bits per heavy atom. The van der Waals surface area contributed by atoms with E-state index < -0.39 is 23.6 Å². The molecule has 0 radical (unpaired) electrons. The number of likely N-dealkylation sites (tertiary alicyclic amines) is 1. The highest BCUT2D eigenvalue weighted by Crippen LogP contribution is 2.39. The number of pyridine rings is 1. The molecule has 4 rings (SSSR count). The van der Waals surface area contributed by atoms with E-state index in [0.29, 0.717) is 18.7 Å². The lowest BCUT2D eigenvalue weighted by Gasteiger charge is -2.33. The van der Waals surface area contributed by atoms with Crippen LogP contribution in [0.4, 0.5) is 29.1 Å². The minimum Gasteiger partial charge on any atom is -0.478 e. The van der Waals surface area contributed by atoms with Crippen molar-refractivity contribution in [1.82, 2.24) is 29.6 Å². The van der Waals surface area contributed by atoms with Gasteiger partial charge in [0.1, 0.15) is 22.6 Å². The van der Waals surface area contributed by atoms with Gasteiger partial charge < -0.3 is 25.6 Å². The summed E-state index contributed by atoms with van der Waals surface area (Å²) in [6.45, 7) is 0.890. The number of carbonyl (C=O) groups is 1. The number of nitrogens with zero attached hydrogens (tertiary/aromatic N) is 5. The summed E-state index contributed by atoms with van der Waals surface area (Å²) in [6, 6.07) is 2.73. The molecule has 3 N–H and O–H groups in total. The van der Waals surface area contributed by atoms with Gasteiger partial charge in [-0.2, -0.15) is 13.2 Å². The smallest absolute Gasteiger partial charge is 0.447 e. The summed E-state index contributed by atoms with van der Waals surface area (Å²) in [4.78, 5) is 26.3. The first-order valence-corrected chi connectivity index (χ1v) is 12.6. The summed E-state index contributed by atoms with van der Waals surface area (Å²) >= 11 is -0.330. The molecule has 1 aliphatic rings. The number of imidazole rings is 1. The number of halogens is 4. The first kappa shape index (κ1) is 28.2. The van der Waals surface area contributed by atoms with Crippen molar-refractivity contribution in [2.24, 2.45) is 0 Å². The zero-order valence-electron chi connectivity index (χ0n) is 21.3. The predicted molar refractivity (Wildman–Crippen MR) is 139 cm³/mol. The number of piperidine rings is 1. The van der Waals surface area contributed by atoms with Crippen molar-refractivity contribution in [2.45, 2.75) is 29.2 Å². The molecule has 208 valence electrons. The molecule has 4 heterocycles. The van der Waals surface area contributed by atoms with Gasteiger partial charge in [0, 0.05) is 38.1 Å². The molecule has 0 aromatic carbocycles. The van der Waals surface area contributed by atoms with Crippen molar-refractivity contribution in [3.05, 3.63) is 35.9 Å². The molecular formula is C24H26F4N8O2S. The lowest BCUT2D eigenvalue weighted by atomic mass is 10.0. The number of hydrogen-bond acceptors (Lipinski definition) is 9. The van der Waals surface area contributed by atoms with Crippen molar-refractivity contribution < 1.29 is 27.1 Å². The summed E-state index contributed by atoms with van der Waals surface area (Å²) in [5.41, 5.74) is -4.02. The van der Waals surface area contributed by atoms with Gasteiger partial charge in [-0.15, -0.1) is 0 Å². The number of amides is 1. The van der Waals surface area contributed by atoms with Gasteiger partial charge >= 0.3 is 5.51 Å². The standard InChI is InChI=1S/C24H26F4N8O2S/c1-29-21(37)18-12-31-22(38-3)19(33-18)30-9-4-6-17-23(39-24(26,27)28)36-10-5-7-16(20(36)34-17)32-15-8-11-35(2)13-14(15)25/h5,7,10,12,14-15,32H,8-9,11,13H2,1-3H3,(H,29,37)(H,30,33)/t14-,15+/m0/s1. The summed E-state index contributed by atoms with van der Waals surface area (Å²) in [5, 5.41) is 8.20. The number of anilines is 2. The Balaban J connectivity index is 1.61. The number of nitrogens with one attached hydrogen (secondary N) is 3. The van der Waals surface area contributed by atoms with Crippen molar-refractivity contribution in [1.29, 1.82) is 0 Å². The average molecular weight is 567 g/mol. The van der Waals surface area contributed by atoms with Gasteiger partial charge in [-0.05, 0) is 31.5 Å². The Kier molecular flexibility index (Phi) is 8.66. The van der Waals surface area contributed by atoms with E-state index in [-0.39, 0.29) is 58.6 Å².